The van der Waals surface area contributed by atoms with Crippen LogP contribution in [0.4, 0.5) is 0 Å². The molecule has 1 unspecified atom stereocenters. The molecule has 0 fully saturated rings. The molecule has 0 N–H and O–H groups in total. The quantitative estimate of drug-likeness (QED) is 0.784. The molecule has 1 aromatic heterocycles. The van der Waals surface area contributed by atoms with Crippen LogP contribution in [0, 0.1) is 6.92 Å². The second kappa shape index (κ2) is 4.40. The van der Waals surface area contributed by atoms with Crippen LogP contribution in [0.15, 0.2) is 0 Å². The number of Topliss-reactive ketones (excluding diaryl/α,β-unsaturated/α-hetero) is 1. The van der Waals surface area contributed by atoms with Crippen molar-refractivity contribution < 1.29 is 4.79 Å². The van der Waals surface area contributed by atoms with Gasteiger partial charge in [0.2, 0.25) is 0 Å². The van der Waals surface area contributed by atoms with Crippen LogP contribution in [-0.4, -0.2) is 15.3 Å². The number of aromatic nitrogens is 2. The van der Waals surface area contributed by atoms with Gasteiger partial charge in [-0.05, 0) is 39.5 Å². The number of carbonyl (C=O) groups is 1. The largest absolute Gasteiger partial charge is 0.322 e. The van der Waals surface area contributed by atoms with Gasteiger partial charge in [0, 0.05) is 12.1 Å². The zero-order chi connectivity index (χ0) is 11.7. The van der Waals surface area contributed by atoms with Gasteiger partial charge in [-0.25, -0.2) is 4.98 Å². The maximum absolute atomic E-state index is 11.8. The fourth-order valence-electron chi connectivity index (χ4n) is 2.65. The van der Waals surface area contributed by atoms with Gasteiger partial charge in [0.15, 0.2) is 5.78 Å². The van der Waals surface area contributed by atoms with Crippen molar-refractivity contribution in [2.45, 2.75) is 58.9 Å². The van der Waals surface area contributed by atoms with Crippen molar-refractivity contribution in [2.24, 2.45) is 0 Å². The Labute approximate surface area is 96.9 Å². The van der Waals surface area contributed by atoms with Gasteiger partial charge in [0.1, 0.15) is 5.82 Å². The van der Waals surface area contributed by atoms with E-state index in [1.54, 1.807) is 0 Å². The van der Waals surface area contributed by atoms with Crippen LogP contribution in [-0.2, 0) is 17.6 Å². The van der Waals surface area contributed by atoms with Crippen LogP contribution < -0.4 is 0 Å². The van der Waals surface area contributed by atoms with Crippen molar-refractivity contribution in [3.63, 3.8) is 0 Å². The van der Waals surface area contributed by atoms with Crippen molar-refractivity contribution in [1.29, 1.82) is 0 Å². The summed E-state index contributed by atoms with van der Waals surface area (Å²) in [5, 5.41) is 0. The molecule has 1 aliphatic carbocycles. The molecule has 0 radical (unpaired) electrons. The van der Waals surface area contributed by atoms with Crippen LogP contribution >= 0.6 is 0 Å². The summed E-state index contributed by atoms with van der Waals surface area (Å²) in [4.78, 5) is 16.4. The smallest absolute Gasteiger partial charge is 0.155 e. The number of hydrogen-bond donors (Lipinski definition) is 0. The molecule has 0 saturated heterocycles. The highest BCUT2D eigenvalue weighted by molar-refractivity contribution is 5.82. The van der Waals surface area contributed by atoms with E-state index < -0.39 is 0 Å². The molecule has 0 aliphatic heterocycles. The number of fused-ring (bicyclic) bond motifs is 1. The van der Waals surface area contributed by atoms with Crippen molar-refractivity contribution in [3.05, 3.63) is 17.2 Å². The standard InChI is InChI=1S/C13H20N2O/c1-4-13(16)9(2)15-10(3)14-11-7-5-6-8-12(11)15/h9H,4-8H2,1-3H3. The summed E-state index contributed by atoms with van der Waals surface area (Å²) in [7, 11) is 0. The van der Waals surface area contributed by atoms with Gasteiger partial charge in [-0.3, -0.25) is 4.79 Å². The Hall–Kier alpha value is -1.12. The minimum atomic E-state index is -0.0423. The number of carbonyl (C=O) groups excluding carboxylic acids is 1. The number of ketones is 1. The fraction of sp³-hybridized carbons (Fsp3) is 0.692. The summed E-state index contributed by atoms with van der Waals surface area (Å²) in [6, 6.07) is -0.0423. The van der Waals surface area contributed by atoms with E-state index in [9.17, 15) is 4.79 Å². The van der Waals surface area contributed by atoms with Gasteiger partial charge in [-0.1, -0.05) is 6.92 Å². The number of nitrogens with zero attached hydrogens (tertiary/aromatic N) is 2. The monoisotopic (exact) mass is 220 g/mol. The molecular formula is C13H20N2O. The minimum absolute atomic E-state index is 0.0423. The summed E-state index contributed by atoms with van der Waals surface area (Å²) in [6.07, 6.45) is 5.23. The SMILES string of the molecule is CCC(=O)C(C)n1c(C)nc2c1CCCC2. The van der Waals surface area contributed by atoms with E-state index in [-0.39, 0.29) is 6.04 Å². The molecule has 0 spiro atoms. The molecule has 3 heteroatoms. The van der Waals surface area contributed by atoms with Gasteiger partial charge in [-0.2, -0.15) is 0 Å². The van der Waals surface area contributed by atoms with E-state index >= 15 is 0 Å². The van der Waals surface area contributed by atoms with Gasteiger partial charge >= 0.3 is 0 Å². The zero-order valence-corrected chi connectivity index (χ0v) is 10.4. The molecule has 1 aromatic rings. The third-order valence-electron chi connectivity index (χ3n) is 3.55. The van der Waals surface area contributed by atoms with Crippen LogP contribution in [0.1, 0.15) is 56.4 Å². The first kappa shape index (κ1) is 11.4. The number of hydrogen-bond acceptors (Lipinski definition) is 2. The van der Waals surface area contributed by atoms with E-state index in [1.165, 1.54) is 24.2 Å². The first-order chi connectivity index (χ1) is 7.65. The molecule has 2 rings (SSSR count). The zero-order valence-electron chi connectivity index (χ0n) is 10.4. The van der Waals surface area contributed by atoms with Crippen molar-refractivity contribution in [2.75, 3.05) is 0 Å². The highest BCUT2D eigenvalue weighted by Gasteiger charge is 2.23. The van der Waals surface area contributed by atoms with E-state index in [0.717, 1.165) is 18.7 Å². The van der Waals surface area contributed by atoms with Crippen LogP contribution in [0.5, 0.6) is 0 Å². The van der Waals surface area contributed by atoms with Gasteiger partial charge < -0.3 is 4.57 Å². The Morgan fingerprint density at radius 2 is 2.12 bits per heavy atom. The van der Waals surface area contributed by atoms with E-state index in [1.807, 2.05) is 20.8 Å². The molecule has 1 atom stereocenters. The lowest BCUT2D eigenvalue weighted by Crippen LogP contribution is -2.20. The van der Waals surface area contributed by atoms with E-state index in [2.05, 4.69) is 9.55 Å². The van der Waals surface area contributed by atoms with Crippen LogP contribution in [0.25, 0.3) is 0 Å². The molecule has 1 aliphatic rings. The van der Waals surface area contributed by atoms with Gasteiger partial charge in [0.05, 0.1) is 11.7 Å². The van der Waals surface area contributed by atoms with Gasteiger partial charge in [0.25, 0.3) is 0 Å². The average Bonchev–Trinajstić information content (AvgIpc) is 2.63. The Morgan fingerprint density at radius 3 is 2.81 bits per heavy atom. The lowest BCUT2D eigenvalue weighted by Gasteiger charge is -2.19. The summed E-state index contributed by atoms with van der Waals surface area (Å²) in [5.74, 6) is 1.30. The topological polar surface area (TPSA) is 34.9 Å². The molecule has 88 valence electrons. The first-order valence-corrected chi connectivity index (χ1v) is 6.24. The summed E-state index contributed by atoms with van der Waals surface area (Å²) < 4.78 is 2.15. The van der Waals surface area contributed by atoms with E-state index in [0.29, 0.717) is 12.2 Å². The Balaban J connectivity index is 2.39. The molecule has 3 nitrogen and oxygen atoms in total. The summed E-state index contributed by atoms with van der Waals surface area (Å²) in [5.41, 5.74) is 2.53. The maximum Gasteiger partial charge on any atom is 0.155 e. The molecule has 1 heterocycles. The minimum Gasteiger partial charge on any atom is -0.322 e. The third-order valence-corrected chi connectivity index (χ3v) is 3.55. The molecule has 0 saturated carbocycles. The average molecular weight is 220 g/mol. The first-order valence-electron chi connectivity index (χ1n) is 6.24. The lowest BCUT2D eigenvalue weighted by molar-refractivity contribution is -0.121. The predicted octanol–water partition coefficient (Wildman–Crippen LogP) is 2.61. The lowest BCUT2D eigenvalue weighted by atomic mass is 10.0. The molecule has 0 bridgehead atoms. The normalized spacial score (nSPS) is 16.9. The summed E-state index contributed by atoms with van der Waals surface area (Å²) >= 11 is 0. The molecule has 0 amide bonds. The Bertz CT molecular complexity index is 406. The molecular weight excluding hydrogens is 200 g/mol. The van der Waals surface area contributed by atoms with Crippen molar-refractivity contribution >= 4 is 5.78 Å². The second-order valence-electron chi connectivity index (χ2n) is 4.63. The van der Waals surface area contributed by atoms with Gasteiger partial charge in [-0.15, -0.1) is 0 Å². The Kier molecular flexibility index (Phi) is 3.13. The highest BCUT2D eigenvalue weighted by atomic mass is 16.1. The maximum atomic E-state index is 11.8. The molecule has 16 heavy (non-hydrogen) atoms. The van der Waals surface area contributed by atoms with Crippen molar-refractivity contribution in [3.8, 4) is 0 Å². The predicted molar refractivity (Wildman–Crippen MR) is 63.6 cm³/mol. The highest BCUT2D eigenvalue weighted by Crippen LogP contribution is 2.25. The fourth-order valence-corrected chi connectivity index (χ4v) is 2.65. The number of aryl methyl sites for hydroxylation is 2. The third kappa shape index (κ3) is 1.79. The van der Waals surface area contributed by atoms with Crippen molar-refractivity contribution in [1.82, 2.24) is 9.55 Å². The number of imidazole rings is 1. The summed E-state index contributed by atoms with van der Waals surface area (Å²) in [6.45, 7) is 5.94. The number of rotatable bonds is 3. The van der Waals surface area contributed by atoms with E-state index in [4.69, 9.17) is 0 Å². The Morgan fingerprint density at radius 1 is 1.44 bits per heavy atom. The second-order valence-corrected chi connectivity index (χ2v) is 4.63. The molecule has 0 aromatic carbocycles. The van der Waals surface area contributed by atoms with Crippen LogP contribution in [0.2, 0.25) is 0 Å². The van der Waals surface area contributed by atoms with Crippen LogP contribution in [0.3, 0.4) is 0 Å².